The minimum Gasteiger partial charge on any atom is -0.496 e. The third kappa shape index (κ3) is 4.85. The molecule has 0 radical (unpaired) electrons. The number of aliphatic imine (C=N–C) groups is 1. The van der Waals surface area contributed by atoms with Crippen LogP contribution in [0.4, 0.5) is 4.39 Å². The maximum atomic E-state index is 14.4. The van der Waals surface area contributed by atoms with Crippen molar-refractivity contribution in [2.75, 3.05) is 20.2 Å². The summed E-state index contributed by atoms with van der Waals surface area (Å²) < 4.78 is 21.0. The molecule has 0 saturated carbocycles. The molecule has 0 bridgehead atoms. The molecule has 2 aromatic heterocycles. The molecule has 0 aliphatic carbocycles. The van der Waals surface area contributed by atoms with Gasteiger partial charge in [0.25, 0.3) is 5.91 Å². The van der Waals surface area contributed by atoms with E-state index in [-0.39, 0.29) is 17.6 Å². The summed E-state index contributed by atoms with van der Waals surface area (Å²) >= 11 is 1.71. The van der Waals surface area contributed by atoms with Crippen LogP contribution in [0.3, 0.4) is 0 Å². The second-order valence-corrected chi connectivity index (χ2v) is 10.6. The number of halogens is 1. The first-order valence-electron chi connectivity index (χ1n) is 12.7. The van der Waals surface area contributed by atoms with Gasteiger partial charge in [0, 0.05) is 52.0 Å². The number of carbonyl (C=O) groups is 1. The third-order valence-electron chi connectivity index (χ3n) is 7.16. The highest BCUT2D eigenvalue weighted by Crippen LogP contribution is 2.31. The Bertz CT molecular complexity index is 1660. The predicted octanol–water partition coefficient (Wildman–Crippen LogP) is 6.72. The zero-order valence-corrected chi connectivity index (χ0v) is 21.8. The highest BCUT2D eigenvalue weighted by atomic mass is 32.1. The van der Waals surface area contributed by atoms with E-state index >= 15 is 0 Å². The van der Waals surface area contributed by atoms with Crippen LogP contribution in [-0.4, -0.2) is 47.4 Å². The van der Waals surface area contributed by atoms with E-state index in [1.807, 2.05) is 12.1 Å². The molecule has 1 aliphatic heterocycles. The van der Waals surface area contributed by atoms with Gasteiger partial charge >= 0.3 is 0 Å². The van der Waals surface area contributed by atoms with Crippen molar-refractivity contribution in [3.8, 4) is 17.0 Å². The zero-order chi connectivity index (χ0) is 26.1. The maximum absolute atomic E-state index is 14.4. The van der Waals surface area contributed by atoms with Gasteiger partial charge in [-0.25, -0.2) is 9.38 Å². The Balaban J connectivity index is 1.18. The lowest BCUT2D eigenvalue weighted by Gasteiger charge is -2.31. The molecule has 3 aromatic carbocycles. The van der Waals surface area contributed by atoms with Gasteiger partial charge in [0.1, 0.15) is 11.6 Å². The summed E-state index contributed by atoms with van der Waals surface area (Å²) in [5.41, 5.74) is 3.78. The van der Waals surface area contributed by atoms with Crippen molar-refractivity contribution in [1.29, 1.82) is 0 Å². The molecule has 0 spiro atoms. The summed E-state index contributed by atoms with van der Waals surface area (Å²) in [4.78, 5) is 19.5. The number of hydrogen-bond donors (Lipinski definition) is 1. The minimum atomic E-state index is -0.278. The summed E-state index contributed by atoms with van der Waals surface area (Å²) in [7, 11) is 1.56. The summed E-state index contributed by atoms with van der Waals surface area (Å²) in [6.45, 7) is 2.04. The number of benzene rings is 3. The van der Waals surface area contributed by atoms with Gasteiger partial charge in [0.2, 0.25) is 0 Å². The Labute approximate surface area is 223 Å². The number of methoxy groups -OCH3 is 1. The van der Waals surface area contributed by atoms with Gasteiger partial charge in [-0.2, -0.15) is 5.10 Å². The monoisotopic (exact) mass is 526 g/mol. The van der Waals surface area contributed by atoms with E-state index in [2.05, 4.69) is 49.7 Å². The molecule has 1 aliphatic rings. The maximum Gasteiger partial charge on any atom is 0.276 e. The van der Waals surface area contributed by atoms with Crippen molar-refractivity contribution >= 4 is 44.4 Å². The third-order valence-corrected chi connectivity index (χ3v) is 8.06. The molecule has 6 rings (SSSR count). The molecule has 192 valence electrons. The Kier molecular flexibility index (Phi) is 6.74. The van der Waals surface area contributed by atoms with Crippen molar-refractivity contribution in [2.24, 2.45) is 10.9 Å². The zero-order valence-electron chi connectivity index (χ0n) is 21.0. The number of thiophene rings is 1. The number of nitrogens with zero attached hydrogens (tertiary/aromatic N) is 3. The number of piperidine rings is 1. The van der Waals surface area contributed by atoms with E-state index in [1.54, 1.807) is 42.9 Å². The molecular weight excluding hydrogens is 499 g/mol. The van der Waals surface area contributed by atoms with E-state index in [4.69, 9.17) is 4.74 Å². The van der Waals surface area contributed by atoms with Gasteiger partial charge in [-0.15, -0.1) is 11.3 Å². The normalized spacial score (nSPS) is 16.5. The number of hydrogen-bond acceptors (Lipinski definition) is 5. The number of likely N-dealkylation sites (tertiary alicyclic amines) is 1. The van der Waals surface area contributed by atoms with Crippen LogP contribution < -0.4 is 4.74 Å². The van der Waals surface area contributed by atoms with E-state index in [0.29, 0.717) is 30.0 Å². The quantitative estimate of drug-likeness (QED) is 0.250. The number of ether oxygens (including phenoxy) is 1. The number of aromatic amines is 1. The van der Waals surface area contributed by atoms with Gasteiger partial charge in [0.15, 0.2) is 0 Å². The first kappa shape index (κ1) is 24.5. The van der Waals surface area contributed by atoms with Crippen LogP contribution in [0.2, 0.25) is 0 Å². The van der Waals surface area contributed by atoms with Crippen LogP contribution in [0.15, 0.2) is 71.0 Å². The van der Waals surface area contributed by atoms with Gasteiger partial charge in [0.05, 0.1) is 18.3 Å². The van der Waals surface area contributed by atoms with E-state index in [0.717, 1.165) is 41.5 Å². The number of nitrogens with one attached hydrogen (secondary N) is 1. The van der Waals surface area contributed by atoms with Crippen LogP contribution in [0, 0.1) is 11.7 Å². The average molecular weight is 527 g/mol. The van der Waals surface area contributed by atoms with E-state index in [9.17, 15) is 9.18 Å². The van der Waals surface area contributed by atoms with Crippen molar-refractivity contribution < 1.29 is 13.9 Å². The van der Waals surface area contributed by atoms with Crippen LogP contribution >= 0.6 is 11.3 Å². The SMILES string of the molecule is COc1cccc(F)c1CN1CCCC(C=NC(=O)c2ccc3[nH]nc(-c4ccc5sccc5c4)c3c2)C1. The highest BCUT2D eigenvalue weighted by Gasteiger charge is 2.22. The Morgan fingerprint density at radius 1 is 1.24 bits per heavy atom. The largest absolute Gasteiger partial charge is 0.496 e. The van der Waals surface area contributed by atoms with Crippen molar-refractivity contribution in [1.82, 2.24) is 15.1 Å². The van der Waals surface area contributed by atoms with Crippen molar-refractivity contribution in [3.05, 3.63) is 83.0 Å². The number of carbonyl (C=O) groups excluding carboxylic acids is 1. The first-order chi connectivity index (χ1) is 18.6. The fourth-order valence-electron chi connectivity index (χ4n) is 5.19. The van der Waals surface area contributed by atoms with E-state index < -0.39 is 0 Å². The molecule has 1 amide bonds. The molecule has 1 unspecified atom stereocenters. The molecule has 8 heteroatoms. The summed E-state index contributed by atoms with van der Waals surface area (Å²) in [6.07, 6.45) is 3.66. The number of amides is 1. The summed E-state index contributed by atoms with van der Waals surface area (Å²) in [5.74, 6) is 0.135. The van der Waals surface area contributed by atoms with Gasteiger partial charge < -0.3 is 4.74 Å². The topological polar surface area (TPSA) is 70.6 Å². The second-order valence-electron chi connectivity index (χ2n) is 9.65. The number of aromatic nitrogens is 2. The molecule has 5 aromatic rings. The number of rotatable bonds is 6. The Morgan fingerprint density at radius 3 is 3.05 bits per heavy atom. The second kappa shape index (κ2) is 10.5. The minimum absolute atomic E-state index is 0.121. The molecule has 1 N–H and O–H groups in total. The first-order valence-corrected chi connectivity index (χ1v) is 13.5. The average Bonchev–Trinajstić information content (AvgIpc) is 3.59. The molecule has 1 saturated heterocycles. The van der Waals surface area contributed by atoms with Crippen LogP contribution in [0.1, 0.15) is 28.8 Å². The van der Waals surface area contributed by atoms with Crippen LogP contribution in [0.25, 0.3) is 32.2 Å². The smallest absolute Gasteiger partial charge is 0.276 e. The van der Waals surface area contributed by atoms with Crippen molar-refractivity contribution in [3.63, 3.8) is 0 Å². The van der Waals surface area contributed by atoms with Gasteiger partial charge in [-0.05, 0) is 78.7 Å². The standard InChI is InChI=1S/C30H27FN4O2S/c1-37-27-6-2-5-25(31)24(27)18-35-12-3-4-19(17-35)16-32-30(36)22-7-9-26-23(15-22)29(34-33-26)21-8-10-28-20(14-21)11-13-38-28/h2,5-11,13-16,19H,3-4,12,17-18H2,1H3,(H,33,34). The van der Waals surface area contributed by atoms with Crippen LogP contribution in [0.5, 0.6) is 5.75 Å². The van der Waals surface area contributed by atoms with Gasteiger partial charge in [-0.3, -0.25) is 14.8 Å². The summed E-state index contributed by atoms with van der Waals surface area (Å²) in [6, 6.07) is 18.8. The molecule has 6 nitrogen and oxygen atoms in total. The Hall–Kier alpha value is -3.88. The van der Waals surface area contributed by atoms with Crippen molar-refractivity contribution in [2.45, 2.75) is 19.4 Å². The van der Waals surface area contributed by atoms with Crippen LogP contribution in [-0.2, 0) is 6.54 Å². The fraction of sp³-hybridized carbons (Fsp3) is 0.233. The lowest BCUT2D eigenvalue weighted by Crippen LogP contribution is -2.36. The highest BCUT2D eigenvalue weighted by molar-refractivity contribution is 7.17. The van der Waals surface area contributed by atoms with E-state index in [1.165, 1.54) is 16.2 Å². The number of fused-ring (bicyclic) bond motifs is 2. The molecular formula is C30H27FN4O2S. The lowest BCUT2D eigenvalue weighted by atomic mass is 9.98. The molecule has 38 heavy (non-hydrogen) atoms. The summed E-state index contributed by atoms with van der Waals surface area (Å²) in [5, 5.41) is 11.7. The fourth-order valence-corrected chi connectivity index (χ4v) is 5.96. The molecule has 3 heterocycles. The molecule has 1 atom stereocenters. The lowest BCUT2D eigenvalue weighted by molar-refractivity contribution is 0.100. The number of H-pyrrole nitrogens is 1. The Morgan fingerprint density at radius 2 is 2.16 bits per heavy atom. The molecule has 1 fully saturated rings. The predicted molar refractivity (Wildman–Crippen MR) is 151 cm³/mol. The van der Waals surface area contributed by atoms with Gasteiger partial charge in [-0.1, -0.05) is 12.1 Å².